The number of halogens is 1. The van der Waals surface area contributed by atoms with Gasteiger partial charge in [-0.1, -0.05) is 6.07 Å². The summed E-state index contributed by atoms with van der Waals surface area (Å²) in [5.41, 5.74) is 1.44. The number of benzene rings is 1. The van der Waals surface area contributed by atoms with Crippen molar-refractivity contribution in [1.82, 2.24) is 10.6 Å². The Morgan fingerprint density at radius 3 is 2.96 bits per heavy atom. The van der Waals surface area contributed by atoms with Gasteiger partial charge in [-0.15, -0.1) is 12.4 Å². The molecule has 8 heteroatoms. The van der Waals surface area contributed by atoms with Gasteiger partial charge in [0.25, 0.3) is 5.91 Å². The standard InChI is InChI=1S/C15H20N4O3.ClH/c20-14(13-10-16-6-8-22-13)18-11-3-1-4-12(9-11)19-7-2-5-17-15(19)21;/h1,3-4,9,13,16H,2,5-8,10H2,(H,17,21)(H,18,20);1H. The summed E-state index contributed by atoms with van der Waals surface area (Å²) in [6.07, 6.45) is 0.430. The monoisotopic (exact) mass is 340 g/mol. The fourth-order valence-electron chi connectivity index (χ4n) is 2.58. The zero-order chi connectivity index (χ0) is 15.4. The van der Waals surface area contributed by atoms with Crippen LogP contribution in [0.1, 0.15) is 6.42 Å². The lowest BCUT2D eigenvalue weighted by Gasteiger charge is -2.28. The number of ether oxygens (including phenoxy) is 1. The summed E-state index contributed by atoms with van der Waals surface area (Å²) >= 11 is 0. The molecule has 3 N–H and O–H groups in total. The quantitative estimate of drug-likeness (QED) is 0.765. The SMILES string of the molecule is Cl.O=C(Nc1cccc(N2CCCNC2=O)c1)C1CNCCO1. The van der Waals surface area contributed by atoms with Crippen LogP contribution in [0.15, 0.2) is 24.3 Å². The molecule has 0 saturated carbocycles. The molecule has 23 heavy (non-hydrogen) atoms. The lowest BCUT2D eigenvalue weighted by atomic mass is 10.2. The van der Waals surface area contributed by atoms with Gasteiger partial charge in [0.05, 0.1) is 6.61 Å². The molecule has 3 rings (SSSR count). The average Bonchev–Trinajstić information content (AvgIpc) is 2.56. The van der Waals surface area contributed by atoms with Crippen molar-refractivity contribution in [1.29, 1.82) is 0 Å². The summed E-state index contributed by atoms with van der Waals surface area (Å²) in [5, 5.41) is 8.78. The number of urea groups is 1. The van der Waals surface area contributed by atoms with Crippen molar-refractivity contribution in [2.24, 2.45) is 0 Å². The molecule has 1 aromatic carbocycles. The van der Waals surface area contributed by atoms with E-state index >= 15 is 0 Å². The number of amides is 3. The van der Waals surface area contributed by atoms with Crippen LogP contribution < -0.4 is 20.9 Å². The van der Waals surface area contributed by atoms with Gasteiger partial charge in [-0.05, 0) is 24.6 Å². The Morgan fingerprint density at radius 2 is 2.22 bits per heavy atom. The molecule has 2 heterocycles. The van der Waals surface area contributed by atoms with E-state index in [1.165, 1.54) is 0 Å². The van der Waals surface area contributed by atoms with E-state index in [2.05, 4.69) is 16.0 Å². The molecule has 126 valence electrons. The minimum Gasteiger partial charge on any atom is -0.366 e. The third-order valence-electron chi connectivity index (χ3n) is 3.73. The van der Waals surface area contributed by atoms with E-state index in [9.17, 15) is 9.59 Å². The molecule has 1 atom stereocenters. The number of morpholine rings is 1. The highest BCUT2D eigenvalue weighted by Gasteiger charge is 2.23. The molecule has 1 aromatic rings. The lowest BCUT2D eigenvalue weighted by Crippen LogP contribution is -2.46. The molecular formula is C15H21ClN4O3. The van der Waals surface area contributed by atoms with Crippen LogP contribution in [0.25, 0.3) is 0 Å². The van der Waals surface area contributed by atoms with E-state index in [1.807, 2.05) is 12.1 Å². The Bertz CT molecular complexity index is 563. The van der Waals surface area contributed by atoms with Crippen molar-refractivity contribution in [2.75, 3.05) is 43.0 Å². The summed E-state index contributed by atoms with van der Waals surface area (Å²) in [6.45, 7) is 3.20. The molecule has 2 fully saturated rings. The Kier molecular flexibility index (Phi) is 6.20. The third kappa shape index (κ3) is 4.34. The highest BCUT2D eigenvalue weighted by molar-refractivity contribution is 5.96. The topological polar surface area (TPSA) is 82.7 Å². The van der Waals surface area contributed by atoms with Gasteiger partial charge in [-0.3, -0.25) is 9.69 Å². The lowest BCUT2D eigenvalue weighted by molar-refractivity contribution is -0.128. The van der Waals surface area contributed by atoms with Crippen molar-refractivity contribution in [3.63, 3.8) is 0 Å². The first-order valence-corrected chi connectivity index (χ1v) is 7.53. The molecule has 2 aliphatic rings. The Hall–Kier alpha value is -1.83. The first kappa shape index (κ1) is 17.5. The van der Waals surface area contributed by atoms with E-state index in [0.717, 1.165) is 18.7 Å². The minimum atomic E-state index is -0.476. The highest BCUT2D eigenvalue weighted by Crippen LogP contribution is 2.21. The second-order valence-corrected chi connectivity index (χ2v) is 5.34. The molecule has 2 saturated heterocycles. The normalized spacial score (nSPS) is 21.1. The van der Waals surface area contributed by atoms with Crippen LogP contribution in [-0.4, -0.2) is 50.8 Å². The number of carbonyl (C=O) groups is 2. The molecule has 0 spiro atoms. The largest absolute Gasteiger partial charge is 0.366 e. The smallest absolute Gasteiger partial charge is 0.321 e. The van der Waals surface area contributed by atoms with Crippen LogP contribution in [0.5, 0.6) is 0 Å². The number of nitrogens with zero attached hydrogens (tertiary/aromatic N) is 1. The summed E-state index contributed by atoms with van der Waals surface area (Å²) in [7, 11) is 0. The second-order valence-electron chi connectivity index (χ2n) is 5.34. The van der Waals surface area contributed by atoms with Gasteiger partial charge in [0.2, 0.25) is 0 Å². The van der Waals surface area contributed by atoms with Crippen LogP contribution in [0.2, 0.25) is 0 Å². The predicted octanol–water partition coefficient (Wildman–Crippen LogP) is 0.955. The maximum absolute atomic E-state index is 12.2. The summed E-state index contributed by atoms with van der Waals surface area (Å²) in [6, 6.07) is 7.19. The second kappa shape index (κ2) is 8.14. The Balaban J connectivity index is 0.00000192. The van der Waals surface area contributed by atoms with E-state index in [4.69, 9.17) is 4.74 Å². The van der Waals surface area contributed by atoms with Crippen LogP contribution in [0, 0.1) is 0 Å². The number of rotatable bonds is 3. The molecule has 3 amide bonds. The van der Waals surface area contributed by atoms with Crippen LogP contribution >= 0.6 is 12.4 Å². The van der Waals surface area contributed by atoms with Gasteiger partial charge in [0.1, 0.15) is 6.10 Å². The number of hydrogen-bond acceptors (Lipinski definition) is 4. The van der Waals surface area contributed by atoms with Gasteiger partial charge in [-0.2, -0.15) is 0 Å². The number of nitrogens with one attached hydrogen (secondary N) is 3. The third-order valence-corrected chi connectivity index (χ3v) is 3.73. The number of hydrogen-bond donors (Lipinski definition) is 3. The first-order valence-electron chi connectivity index (χ1n) is 7.53. The van der Waals surface area contributed by atoms with E-state index < -0.39 is 6.10 Å². The van der Waals surface area contributed by atoms with Crippen LogP contribution in [0.4, 0.5) is 16.2 Å². The number of carbonyl (C=O) groups excluding carboxylic acids is 2. The Labute approximate surface area is 141 Å². The Morgan fingerprint density at radius 1 is 1.35 bits per heavy atom. The molecule has 2 aliphatic heterocycles. The van der Waals surface area contributed by atoms with Crippen molar-refractivity contribution in [2.45, 2.75) is 12.5 Å². The van der Waals surface area contributed by atoms with Gasteiger partial charge in [0.15, 0.2) is 0 Å². The first-order chi connectivity index (χ1) is 10.7. The van der Waals surface area contributed by atoms with E-state index in [1.54, 1.807) is 17.0 Å². The highest BCUT2D eigenvalue weighted by atomic mass is 35.5. The molecule has 0 aromatic heterocycles. The maximum atomic E-state index is 12.2. The average molecular weight is 341 g/mol. The molecule has 0 aliphatic carbocycles. The minimum absolute atomic E-state index is 0. The summed E-state index contributed by atoms with van der Waals surface area (Å²) in [4.78, 5) is 25.7. The maximum Gasteiger partial charge on any atom is 0.321 e. The zero-order valence-corrected chi connectivity index (χ0v) is 13.5. The molecular weight excluding hydrogens is 320 g/mol. The predicted molar refractivity (Wildman–Crippen MR) is 90.3 cm³/mol. The zero-order valence-electron chi connectivity index (χ0n) is 12.7. The van der Waals surface area contributed by atoms with Gasteiger partial charge >= 0.3 is 6.03 Å². The van der Waals surface area contributed by atoms with Gasteiger partial charge in [0, 0.05) is 37.6 Å². The van der Waals surface area contributed by atoms with Crippen molar-refractivity contribution < 1.29 is 14.3 Å². The fourth-order valence-corrected chi connectivity index (χ4v) is 2.58. The van der Waals surface area contributed by atoms with Crippen molar-refractivity contribution >= 4 is 35.7 Å². The van der Waals surface area contributed by atoms with E-state index in [-0.39, 0.29) is 24.3 Å². The summed E-state index contributed by atoms with van der Waals surface area (Å²) in [5.74, 6) is -0.174. The van der Waals surface area contributed by atoms with Crippen molar-refractivity contribution in [3.05, 3.63) is 24.3 Å². The van der Waals surface area contributed by atoms with Crippen LogP contribution in [0.3, 0.4) is 0 Å². The van der Waals surface area contributed by atoms with Crippen LogP contribution in [-0.2, 0) is 9.53 Å². The molecule has 0 bridgehead atoms. The number of anilines is 2. The van der Waals surface area contributed by atoms with Gasteiger partial charge < -0.3 is 20.7 Å². The van der Waals surface area contributed by atoms with Gasteiger partial charge in [-0.25, -0.2) is 4.79 Å². The van der Waals surface area contributed by atoms with E-state index in [0.29, 0.717) is 31.9 Å². The molecule has 1 unspecified atom stereocenters. The summed E-state index contributed by atoms with van der Waals surface area (Å²) < 4.78 is 5.43. The fraction of sp³-hybridized carbons (Fsp3) is 0.467. The van der Waals surface area contributed by atoms with Crippen molar-refractivity contribution in [3.8, 4) is 0 Å². The molecule has 0 radical (unpaired) electrons. The molecule has 7 nitrogen and oxygen atoms in total.